The van der Waals surface area contributed by atoms with Gasteiger partial charge in [0.05, 0.1) is 13.3 Å². The predicted molar refractivity (Wildman–Crippen MR) is 119 cm³/mol. The first kappa shape index (κ1) is 21.1. The van der Waals surface area contributed by atoms with Crippen molar-refractivity contribution in [2.24, 2.45) is 5.10 Å². The molecule has 162 valence electrons. The number of aromatic nitrogens is 5. The second-order valence-corrected chi connectivity index (χ2v) is 7.26. The summed E-state index contributed by atoms with van der Waals surface area (Å²) in [7, 11) is 1.54. The van der Waals surface area contributed by atoms with Crippen molar-refractivity contribution in [1.82, 2.24) is 30.7 Å². The number of hydrogen-bond acceptors (Lipinski definition) is 10. The number of hydrazone groups is 1. The molecule has 32 heavy (non-hydrogen) atoms. The zero-order chi connectivity index (χ0) is 22.5. The third-order valence-corrected chi connectivity index (χ3v) is 5.16. The molecule has 0 fully saturated rings. The largest absolute Gasteiger partial charge is 0.497 e. The van der Waals surface area contributed by atoms with Crippen molar-refractivity contribution in [2.75, 3.05) is 19.1 Å². The SMILES string of the molecule is COc1cccc(-c2c(C(=O)NN=Cc3ccc(SC)cc3)nnn2-c2nonc2N)c1. The fourth-order valence-corrected chi connectivity index (χ4v) is 3.27. The maximum atomic E-state index is 12.9. The van der Waals surface area contributed by atoms with Gasteiger partial charge in [-0.1, -0.05) is 29.5 Å². The van der Waals surface area contributed by atoms with Crippen LogP contribution in [0.15, 0.2) is 63.2 Å². The first-order valence-corrected chi connectivity index (χ1v) is 10.5. The van der Waals surface area contributed by atoms with Crippen molar-refractivity contribution in [3.8, 4) is 22.8 Å². The Kier molecular flexibility index (Phi) is 6.12. The molecule has 0 aliphatic rings. The van der Waals surface area contributed by atoms with Gasteiger partial charge in [-0.3, -0.25) is 4.79 Å². The van der Waals surface area contributed by atoms with Crippen LogP contribution in [-0.2, 0) is 0 Å². The highest BCUT2D eigenvalue weighted by Crippen LogP contribution is 2.29. The van der Waals surface area contributed by atoms with Crippen molar-refractivity contribution in [2.45, 2.75) is 4.90 Å². The van der Waals surface area contributed by atoms with Gasteiger partial charge in [-0.25, -0.2) is 10.1 Å². The van der Waals surface area contributed by atoms with Gasteiger partial charge in [-0.15, -0.1) is 16.9 Å². The summed E-state index contributed by atoms with van der Waals surface area (Å²) in [6.45, 7) is 0. The van der Waals surface area contributed by atoms with Crippen molar-refractivity contribution < 1.29 is 14.2 Å². The van der Waals surface area contributed by atoms with Gasteiger partial charge < -0.3 is 10.5 Å². The standard InChI is InChI=1S/C20H18N8O3S/c1-30-14-5-3-4-13(10-14)17-16(23-27-28(17)19-18(21)25-31-26-19)20(29)24-22-11-12-6-8-15(32-2)9-7-12/h3-11H,1-2H3,(H2,21,25)(H,24,29). The van der Waals surface area contributed by atoms with Gasteiger partial charge in [0.2, 0.25) is 11.6 Å². The van der Waals surface area contributed by atoms with Crippen LogP contribution in [0.25, 0.3) is 17.1 Å². The lowest BCUT2D eigenvalue weighted by Gasteiger charge is -2.07. The van der Waals surface area contributed by atoms with Gasteiger partial charge >= 0.3 is 0 Å². The molecule has 0 radical (unpaired) electrons. The third kappa shape index (κ3) is 4.30. The number of nitrogens with zero attached hydrogens (tertiary/aromatic N) is 6. The topological polar surface area (TPSA) is 146 Å². The Labute approximate surface area is 186 Å². The molecule has 12 heteroatoms. The highest BCUT2D eigenvalue weighted by atomic mass is 32.2. The monoisotopic (exact) mass is 450 g/mol. The summed E-state index contributed by atoms with van der Waals surface area (Å²) in [5, 5.41) is 19.4. The van der Waals surface area contributed by atoms with E-state index in [1.165, 1.54) is 10.9 Å². The molecule has 11 nitrogen and oxygen atoms in total. The smallest absolute Gasteiger partial charge is 0.294 e. The van der Waals surface area contributed by atoms with E-state index < -0.39 is 5.91 Å². The van der Waals surface area contributed by atoms with Crippen molar-refractivity contribution in [3.63, 3.8) is 0 Å². The number of hydrogen-bond donors (Lipinski definition) is 2. The maximum Gasteiger partial charge on any atom is 0.294 e. The van der Waals surface area contributed by atoms with E-state index in [-0.39, 0.29) is 17.3 Å². The number of nitrogens with two attached hydrogens (primary N) is 1. The van der Waals surface area contributed by atoms with E-state index in [0.717, 1.165) is 10.5 Å². The zero-order valence-corrected chi connectivity index (χ0v) is 17.9. The Balaban J connectivity index is 1.67. The number of rotatable bonds is 7. The lowest BCUT2D eigenvalue weighted by molar-refractivity contribution is 0.0950. The number of anilines is 1. The molecule has 4 rings (SSSR count). The number of benzene rings is 2. The predicted octanol–water partition coefficient (Wildman–Crippen LogP) is 2.39. The van der Waals surface area contributed by atoms with Gasteiger partial charge in [0.1, 0.15) is 11.4 Å². The lowest BCUT2D eigenvalue weighted by atomic mass is 10.1. The second-order valence-electron chi connectivity index (χ2n) is 6.38. The minimum atomic E-state index is -0.568. The molecule has 0 saturated carbocycles. The van der Waals surface area contributed by atoms with E-state index in [0.29, 0.717) is 17.0 Å². The van der Waals surface area contributed by atoms with E-state index in [4.69, 9.17) is 10.5 Å². The Hall–Kier alpha value is -4.19. The van der Waals surface area contributed by atoms with Gasteiger partial charge in [0.25, 0.3) is 5.91 Å². The number of methoxy groups -OCH3 is 1. The summed E-state index contributed by atoms with van der Waals surface area (Å²) in [5.41, 5.74) is 10.1. The molecule has 0 aliphatic carbocycles. The van der Waals surface area contributed by atoms with Crippen LogP contribution < -0.4 is 15.9 Å². The van der Waals surface area contributed by atoms with Crippen molar-refractivity contribution >= 4 is 29.7 Å². The van der Waals surface area contributed by atoms with E-state index in [1.807, 2.05) is 30.5 Å². The molecule has 2 heterocycles. The van der Waals surface area contributed by atoms with Gasteiger partial charge in [0, 0.05) is 10.5 Å². The van der Waals surface area contributed by atoms with Crippen LogP contribution in [-0.4, -0.2) is 50.8 Å². The number of carbonyl (C=O) groups is 1. The molecule has 1 amide bonds. The third-order valence-electron chi connectivity index (χ3n) is 4.42. The summed E-state index contributed by atoms with van der Waals surface area (Å²) < 4.78 is 11.2. The van der Waals surface area contributed by atoms with Crippen molar-refractivity contribution in [3.05, 3.63) is 59.8 Å². The molecular formula is C20H18N8O3S. The average molecular weight is 450 g/mol. The molecule has 2 aromatic heterocycles. The van der Waals surface area contributed by atoms with E-state index in [1.54, 1.807) is 43.1 Å². The Morgan fingerprint density at radius 1 is 1.25 bits per heavy atom. The first-order chi connectivity index (χ1) is 15.6. The van der Waals surface area contributed by atoms with Crippen LogP contribution in [0, 0.1) is 0 Å². The summed E-state index contributed by atoms with van der Waals surface area (Å²) in [4.78, 5) is 14.0. The number of ether oxygens (including phenoxy) is 1. The first-order valence-electron chi connectivity index (χ1n) is 9.26. The Bertz CT molecular complexity index is 1270. The molecular weight excluding hydrogens is 432 g/mol. The number of thioether (sulfide) groups is 1. The minimum absolute atomic E-state index is 0.00212. The molecule has 0 saturated heterocycles. The quantitative estimate of drug-likeness (QED) is 0.246. The summed E-state index contributed by atoms with van der Waals surface area (Å²) in [5.74, 6) is 0.116. The Morgan fingerprint density at radius 2 is 2.06 bits per heavy atom. The molecule has 0 unspecified atom stereocenters. The molecule has 4 aromatic rings. The molecule has 0 atom stereocenters. The number of nitrogens with one attached hydrogen (secondary N) is 1. The average Bonchev–Trinajstić information content (AvgIpc) is 3.45. The van der Waals surface area contributed by atoms with Crippen LogP contribution in [0.4, 0.5) is 5.82 Å². The van der Waals surface area contributed by atoms with Gasteiger partial charge in [-0.2, -0.15) is 9.78 Å². The number of nitrogen functional groups attached to an aromatic ring is 1. The molecule has 3 N–H and O–H groups in total. The van der Waals surface area contributed by atoms with E-state index >= 15 is 0 Å². The van der Waals surface area contributed by atoms with Gasteiger partial charge in [-0.05, 0) is 46.4 Å². The van der Waals surface area contributed by atoms with Crippen LogP contribution in [0.2, 0.25) is 0 Å². The van der Waals surface area contributed by atoms with Gasteiger partial charge in [0.15, 0.2) is 5.69 Å². The molecule has 0 aliphatic heterocycles. The molecule has 0 bridgehead atoms. The maximum absolute atomic E-state index is 12.9. The summed E-state index contributed by atoms with van der Waals surface area (Å²) >= 11 is 1.64. The van der Waals surface area contributed by atoms with E-state index in [2.05, 4.69) is 35.8 Å². The second kappa shape index (κ2) is 9.31. The highest BCUT2D eigenvalue weighted by molar-refractivity contribution is 7.98. The minimum Gasteiger partial charge on any atom is -0.497 e. The normalized spacial score (nSPS) is 11.1. The molecule has 2 aromatic carbocycles. The zero-order valence-electron chi connectivity index (χ0n) is 17.1. The highest BCUT2D eigenvalue weighted by Gasteiger charge is 2.25. The number of carbonyl (C=O) groups excluding carboxylic acids is 1. The summed E-state index contributed by atoms with van der Waals surface area (Å²) in [6, 6.07) is 14.8. The fourth-order valence-electron chi connectivity index (χ4n) is 2.86. The van der Waals surface area contributed by atoms with Crippen LogP contribution in [0.1, 0.15) is 16.1 Å². The van der Waals surface area contributed by atoms with Crippen LogP contribution in [0.3, 0.4) is 0 Å². The summed E-state index contributed by atoms with van der Waals surface area (Å²) in [6.07, 6.45) is 3.54. The Morgan fingerprint density at radius 3 is 2.75 bits per heavy atom. The van der Waals surface area contributed by atoms with Crippen LogP contribution in [0.5, 0.6) is 5.75 Å². The fraction of sp³-hybridized carbons (Fsp3) is 0.100. The van der Waals surface area contributed by atoms with Crippen molar-refractivity contribution in [1.29, 1.82) is 0 Å². The van der Waals surface area contributed by atoms with E-state index in [9.17, 15) is 4.79 Å². The molecule has 0 spiro atoms. The van der Waals surface area contributed by atoms with Crippen LogP contribution >= 0.6 is 11.8 Å². The lowest BCUT2D eigenvalue weighted by Crippen LogP contribution is -2.19. The number of amides is 1.